The van der Waals surface area contributed by atoms with Gasteiger partial charge in [-0.25, -0.2) is 9.97 Å². The number of thioether (sulfide) groups is 1. The zero-order chi connectivity index (χ0) is 12.8. The molecule has 0 amide bonds. The van der Waals surface area contributed by atoms with E-state index in [9.17, 15) is 0 Å². The lowest BCUT2D eigenvalue weighted by Crippen LogP contribution is -2.14. The van der Waals surface area contributed by atoms with Gasteiger partial charge in [0.1, 0.15) is 11.6 Å². The molecular weight excluding hydrogens is 242 g/mol. The van der Waals surface area contributed by atoms with E-state index < -0.39 is 0 Å². The molecule has 0 spiro atoms. The van der Waals surface area contributed by atoms with Gasteiger partial charge in [0.2, 0.25) is 0 Å². The van der Waals surface area contributed by atoms with Gasteiger partial charge in [-0.15, -0.1) is 0 Å². The van der Waals surface area contributed by atoms with E-state index in [0.717, 1.165) is 36.8 Å². The highest BCUT2D eigenvalue weighted by molar-refractivity contribution is 7.98. The molecule has 0 radical (unpaired) electrons. The first kappa shape index (κ1) is 13.7. The third-order valence-corrected chi connectivity index (χ3v) is 4.31. The lowest BCUT2D eigenvalue weighted by atomic mass is 9.96. The van der Waals surface area contributed by atoms with Crippen molar-refractivity contribution in [3.05, 3.63) is 17.1 Å². The lowest BCUT2D eigenvalue weighted by molar-refractivity contribution is 0.659. The van der Waals surface area contributed by atoms with Gasteiger partial charge in [-0.2, -0.15) is 11.8 Å². The molecule has 0 bridgehead atoms. The first-order valence-electron chi connectivity index (χ1n) is 7.05. The molecule has 1 aliphatic carbocycles. The van der Waals surface area contributed by atoms with Gasteiger partial charge in [-0.05, 0) is 44.8 Å². The summed E-state index contributed by atoms with van der Waals surface area (Å²) in [6.07, 6.45) is 6.03. The molecule has 4 heteroatoms. The van der Waals surface area contributed by atoms with Gasteiger partial charge in [-0.3, -0.25) is 0 Å². The maximum absolute atomic E-state index is 4.76. The number of anilines is 1. The Hall–Kier alpha value is -0.770. The highest BCUT2D eigenvalue weighted by Crippen LogP contribution is 2.26. The van der Waals surface area contributed by atoms with Crippen LogP contribution in [0.4, 0.5) is 5.82 Å². The van der Waals surface area contributed by atoms with Crippen LogP contribution >= 0.6 is 11.8 Å². The fourth-order valence-corrected chi connectivity index (χ4v) is 3.08. The molecule has 1 heterocycles. The Bertz CT molecular complexity index is 393. The summed E-state index contributed by atoms with van der Waals surface area (Å²) in [6, 6.07) is 0. The van der Waals surface area contributed by atoms with Crippen LogP contribution in [0.1, 0.15) is 50.2 Å². The van der Waals surface area contributed by atoms with Crippen molar-refractivity contribution in [2.24, 2.45) is 0 Å². The number of aryl methyl sites for hydroxylation is 1. The van der Waals surface area contributed by atoms with Gasteiger partial charge in [0, 0.05) is 17.8 Å². The Labute approximate surface area is 114 Å². The normalized spacial score (nSPS) is 14.3. The Morgan fingerprint density at radius 1 is 1.17 bits per heavy atom. The SMILES string of the molecule is CCCSCc1nc2c(c(NCC)n1)CCCC2. The highest BCUT2D eigenvalue weighted by atomic mass is 32.2. The summed E-state index contributed by atoms with van der Waals surface area (Å²) < 4.78 is 0. The number of fused-ring (bicyclic) bond motifs is 1. The van der Waals surface area contributed by atoms with Gasteiger partial charge in [-0.1, -0.05) is 6.92 Å². The van der Waals surface area contributed by atoms with E-state index in [1.54, 1.807) is 0 Å². The maximum Gasteiger partial charge on any atom is 0.140 e. The average Bonchev–Trinajstić information content (AvgIpc) is 2.39. The van der Waals surface area contributed by atoms with Crippen molar-refractivity contribution in [2.45, 2.75) is 51.7 Å². The number of nitrogens with one attached hydrogen (secondary N) is 1. The highest BCUT2D eigenvalue weighted by Gasteiger charge is 2.17. The van der Waals surface area contributed by atoms with Crippen LogP contribution in [0.5, 0.6) is 0 Å². The third kappa shape index (κ3) is 3.37. The summed E-state index contributed by atoms with van der Waals surface area (Å²) in [7, 11) is 0. The molecule has 1 aromatic rings. The molecule has 0 unspecified atom stereocenters. The molecular formula is C14H23N3S. The molecule has 0 saturated carbocycles. The second kappa shape index (κ2) is 6.98. The van der Waals surface area contributed by atoms with Crippen molar-refractivity contribution < 1.29 is 0 Å². The fourth-order valence-electron chi connectivity index (χ4n) is 2.33. The third-order valence-electron chi connectivity index (χ3n) is 3.15. The van der Waals surface area contributed by atoms with Crippen molar-refractivity contribution in [1.82, 2.24) is 9.97 Å². The van der Waals surface area contributed by atoms with E-state index >= 15 is 0 Å². The topological polar surface area (TPSA) is 37.8 Å². The van der Waals surface area contributed by atoms with E-state index in [1.165, 1.54) is 36.3 Å². The Kier molecular flexibility index (Phi) is 5.29. The first-order valence-corrected chi connectivity index (χ1v) is 8.20. The van der Waals surface area contributed by atoms with Crippen molar-refractivity contribution in [1.29, 1.82) is 0 Å². The van der Waals surface area contributed by atoms with E-state index in [0.29, 0.717) is 0 Å². The molecule has 0 aromatic carbocycles. The molecule has 1 aromatic heterocycles. The van der Waals surface area contributed by atoms with Gasteiger partial charge >= 0.3 is 0 Å². The number of aromatic nitrogens is 2. The minimum absolute atomic E-state index is 0.936. The zero-order valence-corrected chi connectivity index (χ0v) is 12.3. The summed E-state index contributed by atoms with van der Waals surface area (Å²) in [6.45, 7) is 5.28. The number of nitrogens with zero attached hydrogens (tertiary/aromatic N) is 2. The first-order chi connectivity index (χ1) is 8.85. The fraction of sp³-hybridized carbons (Fsp3) is 0.714. The minimum atomic E-state index is 0.936. The molecule has 2 rings (SSSR count). The van der Waals surface area contributed by atoms with Gasteiger partial charge in [0.15, 0.2) is 0 Å². The Morgan fingerprint density at radius 3 is 2.78 bits per heavy atom. The molecule has 1 N–H and O–H groups in total. The van der Waals surface area contributed by atoms with Crippen LogP contribution in [0.15, 0.2) is 0 Å². The maximum atomic E-state index is 4.76. The quantitative estimate of drug-likeness (QED) is 0.800. The van der Waals surface area contributed by atoms with Crippen molar-refractivity contribution in [3.63, 3.8) is 0 Å². The van der Waals surface area contributed by atoms with E-state index in [-0.39, 0.29) is 0 Å². The molecule has 0 saturated heterocycles. The van der Waals surface area contributed by atoms with Crippen LogP contribution in [0, 0.1) is 0 Å². The summed E-state index contributed by atoms with van der Waals surface area (Å²) >= 11 is 1.93. The molecule has 3 nitrogen and oxygen atoms in total. The van der Waals surface area contributed by atoms with E-state index in [4.69, 9.17) is 9.97 Å². The van der Waals surface area contributed by atoms with Crippen LogP contribution in [0.25, 0.3) is 0 Å². The van der Waals surface area contributed by atoms with Gasteiger partial charge < -0.3 is 5.32 Å². The predicted octanol–water partition coefficient (Wildman–Crippen LogP) is 3.43. The molecule has 18 heavy (non-hydrogen) atoms. The Morgan fingerprint density at radius 2 is 2.00 bits per heavy atom. The number of hydrogen-bond acceptors (Lipinski definition) is 4. The second-order valence-electron chi connectivity index (χ2n) is 4.70. The van der Waals surface area contributed by atoms with Gasteiger partial charge in [0.25, 0.3) is 0 Å². The molecule has 0 atom stereocenters. The molecule has 100 valence electrons. The smallest absolute Gasteiger partial charge is 0.140 e. The number of rotatable bonds is 6. The Balaban J connectivity index is 2.18. The van der Waals surface area contributed by atoms with Crippen molar-refractivity contribution in [2.75, 3.05) is 17.6 Å². The van der Waals surface area contributed by atoms with Crippen LogP contribution in [0.3, 0.4) is 0 Å². The monoisotopic (exact) mass is 265 g/mol. The van der Waals surface area contributed by atoms with Crippen molar-refractivity contribution >= 4 is 17.6 Å². The molecule has 0 aliphatic heterocycles. The van der Waals surface area contributed by atoms with Crippen molar-refractivity contribution in [3.8, 4) is 0 Å². The van der Waals surface area contributed by atoms with Gasteiger partial charge in [0.05, 0.1) is 5.75 Å². The largest absolute Gasteiger partial charge is 0.370 e. The van der Waals surface area contributed by atoms with E-state index in [1.807, 2.05) is 11.8 Å². The van der Waals surface area contributed by atoms with Crippen LogP contribution < -0.4 is 5.32 Å². The summed E-state index contributed by atoms with van der Waals surface area (Å²) in [5.41, 5.74) is 2.66. The predicted molar refractivity (Wildman–Crippen MR) is 79.3 cm³/mol. The van der Waals surface area contributed by atoms with Crippen LogP contribution in [-0.4, -0.2) is 22.3 Å². The molecule has 1 aliphatic rings. The average molecular weight is 265 g/mol. The number of hydrogen-bond donors (Lipinski definition) is 1. The standard InChI is InChI=1S/C14H23N3S/c1-3-9-18-10-13-16-12-8-6-5-7-11(12)14(17-13)15-4-2/h3-10H2,1-2H3,(H,15,16,17). The zero-order valence-electron chi connectivity index (χ0n) is 11.5. The summed E-state index contributed by atoms with van der Waals surface area (Å²) in [5.74, 6) is 4.23. The van der Waals surface area contributed by atoms with Crippen LogP contribution in [0.2, 0.25) is 0 Å². The summed E-state index contributed by atoms with van der Waals surface area (Å²) in [4.78, 5) is 9.46. The second-order valence-corrected chi connectivity index (χ2v) is 5.81. The van der Waals surface area contributed by atoms with E-state index in [2.05, 4.69) is 19.2 Å². The van der Waals surface area contributed by atoms with Crippen LogP contribution in [-0.2, 0) is 18.6 Å². The lowest BCUT2D eigenvalue weighted by Gasteiger charge is -2.19. The molecule has 0 fully saturated rings. The summed E-state index contributed by atoms with van der Waals surface area (Å²) in [5, 5.41) is 3.41. The minimum Gasteiger partial charge on any atom is -0.370 e.